The lowest BCUT2D eigenvalue weighted by atomic mass is 10.1. The second kappa shape index (κ2) is 7.57. The van der Waals surface area contributed by atoms with E-state index in [-0.39, 0.29) is 11.5 Å². The van der Waals surface area contributed by atoms with Crippen LogP contribution in [0.4, 0.5) is 10.8 Å². The zero-order valence-corrected chi connectivity index (χ0v) is 15.8. The molecule has 0 fully saturated rings. The Morgan fingerprint density at radius 2 is 1.86 bits per heavy atom. The molecule has 0 bridgehead atoms. The van der Waals surface area contributed by atoms with Crippen LogP contribution in [0, 0.1) is 0 Å². The van der Waals surface area contributed by atoms with E-state index in [1.165, 1.54) is 28.1 Å². The van der Waals surface area contributed by atoms with E-state index in [0.717, 1.165) is 11.3 Å². The maximum atomic E-state index is 12.5. The van der Waals surface area contributed by atoms with Crippen molar-refractivity contribution in [1.82, 2.24) is 19.6 Å². The highest BCUT2D eigenvalue weighted by Gasteiger charge is 2.13. The summed E-state index contributed by atoms with van der Waals surface area (Å²) in [4.78, 5) is 34.4. The minimum atomic E-state index is -0.208. The van der Waals surface area contributed by atoms with Crippen molar-refractivity contribution in [3.63, 3.8) is 0 Å². The summed E-state index contributed by atoms with van der Waals surface area (Å²) < 4.78 is 1.27. The molecule has 4 rings (SSSR count). The number of rotatable bonds is 5. The molecule has 0 aliphatic rings. The SMILES string of the molecule is CN(C(=O)c1ccncc1)c1ccc(CNc2nn3c(=O)ccnc3s2)cc1. The van der Waals surface area contributed by atoms with E-state index in [1.807, 2.05) is 24.3 Å². The molecule has 3 aromatic heterocycles. The molecule has 0 saturated heterocycles. The monoisotopic (exact) mass is 392 g/mol. The van der Waals surface area contributed by atoms with Crippen LogP contribution in [0.15, 0.2) is 65.8 Å². The summed E-state index contributed by atoms with van der Waals surface area (Å²) in [5, 5.41) is 8.03. The van der Waals surface area contributed by atoms with Gasteiger partial charge in [-0.15, -0.1) is 5.10 Å². The summed E-state index contributed by atoms with van der Waals surface area (Å²) in [6.45, 7) is 0.539. The number of hydrogen-bond donors (Lipinski definition) is 1. The second-order valence-electron chi connectivity index (χ2n) is 6.00. The van der Waals surface area contributed by atoms with Gasteiger partial charge in [0.05, 0.1) is 0 Å². The van der Waals surface area contributed by atoms with Gasteiger partial charge in [-0.1, -0.05) is 23.5 Å². The molecule has 0 aliphatic carbocycles. The molecule has 28 heavy (non-hydrogen) atoms. The largest absolute Gasteiger partial charge is 0.356 e. The fraction of sp³-hybridized carbons (Fsp3) is 0.105. The molecule has 140 valence electrons. The average Bonchev–Trinajstić information content (AvgIpc) is 3.17. The van der Waals surface area contributed by atoms with Gasteiger partial charge in [-0.05, 0) is 29.8 Å². The van der Waals surface area contributed by atoms with Crippen LogP contribution in [0.3, 0.4) is 0 Å². The fourth-order valence-electron chi connectivity index (χ4n) is 2.64. The molecule has 9 heteroatoms. The number of nitrogens with one attached hydrogen (secondary N) is 1. The van der Waals surface area contributed by atoms with Gasteiger partial charge in [0.25, 0.3) is 11.5 Å². The maximum Gasteiger partial charge on any atom is 0.275 e. The van der Waals surface area contributed by atoms with Crippen molar-refractivity contribution < 1.29 is 4.79 Å². The normalized spacial score (nSPS) is 10.8. The molecule has 0 aliphatic heterocycles. The summed E-state index contributed by atoms with van der Waals surface area (Å²) >= 11 is 1.31. The number of aromatic nitrogens is 4. The van der Waals surface area contributed by atoms with Crippen molar-refractivity contribution in [3.05, 3.63) is 82.5 Å². The van der Waals surface area contributed by atoms with Gasteiger partial charge in [0, 0.05) is 49.5 Å². The molecular weight excluding hydrogens is 376 g/mol. The molecule has 0 unspecified atom stereocenters. The molecule has 0 radical (unpaired) electrons. The third-order valence-corrected chi connectivity index (χ3v) is 5.05. The predicted octanol–water partition coefficient (Wildman–Crippen LogP) is 2.43. The summed E-state index contributed by atoms with van der Waals surface area (Å²) in [7, 11) is 1.74. The highest BCUT2D eigenvalue weighted by molar-refractivity contribution is 7.20. The standard InChI is InChI=1S/C19H16N6O2S/c1-24(17(27)14-6-9-20-10-7-14)15-4-2-13(3-5-15)12-22-18-23-25-16(26)8-11-21-19(25)28-18/h2-11H,12H2,1H3,(H,22,23). The van der Waals surface area contributed by atoms with Crippen LogP contribution in [-0.2, 0) is 6.54 Å². The van der Waals surface area contributed by atoms with Crippen LogP contribution in [0.1, 0.15) is 15.9 Å². The highest BCUT2D eigenvalue weighted by atomic mass is 32.1. The lowest BCUT2D eigenvalue weighted by Crippen LogP contribution is -2.26. The van der Waals surface area contributed by atoms with Crippen molar-refractivity contribution in [2.24, 2.45) is 0 Å². The molecule has 1 aromatic carbocycles. The summed E-state index contributed by atoms with van der Waals surface area (Å²) in [6.07, 6.45) is 4.67. The Kier molecular flexibility index (Phi) is 4.81. The lowest BCUT2D eigenvalue weighted by Gasteiger charge is -2.17. The van der Waals surface area contributed by atoms with Crippen LogP contribution in [0.2, 0.25) is 0 Å². The van der Waals surface area contributed by atoms with Crippen LogP contribution in [0.25, 0.3) is 4.96 Å². The first-order valence-electron chi connectivity index (χ1n) is 8.47. The zero-order chi connectivity index (χ0) is 19.5. The fourth-order valence-corrected chi connectivity index (χ4v) is 3.41. The van der Waals surface area contributed by atoms with Crippen molar-refractivity contribution in [1.29, 1.82) is 0 Å². The number of pyridine rings is 1. The molecule has 4 aromatic rings. The summed E-state index contributed by atoms with van der Waals surface area (Å²) in [5.74, 6) is -0.0966. The number of amides is 1. The molecule has 8 nitrogen and oxygen atoms in total. The molecule has 1 amide bonds. The van der Waals surface area contributed by atoms with Crippen LogP contribution < -0.4 is 15.8 Å². The Labute approximate surface area is 164 Å². The highest BCUT2D eigenvalue weighted by Crippen LogP contribution is 2.19. The zero-order valence-electron chi connectivity index (χ0n) is 14.9. The second-order valence-corrected chi connectivity index (χ2v) is 6.96. The van der Waals surface area contributed by atoms with Crippen LogP contribution in [0.5, 0.6) is 0 Å². The molecule has 0 atom stereocenters. The van der Waals surface area contributed by atoms with E-state index in [4.69, 9.17) is 0 Å². The summed E-state index contributed by atoms with van der Waals surface area (Å²) in [6, 6.07) is 12.4. The summed E-state index contributed by atoms with van der Waals surface area (Å²) in [5.41, 5.74) is 2.19. The number of benzene rings is 1. The van der Waals surface area contributed by atoms with Gasteiger partial charge in [0.1, 0.15) is 0 Å². The van der Waals surface area contributed by atoms with Gasteiger partial charge in [0.15, 0.2) is 0 Å². The smallest absolute Gasteiger partial charge is 0.275 e. The van der Waals surface area contributed by atoms with Crippen molar-refractivity contribution in [2.45, 2.75) is 6.54 Å². The van der Waals surface area contributed by atoms with Gasteiger partial charge in [-0.3, -0.25) is 14.6 Å². The predicted molar refractivity (Wildman–Crippen MR) is 108 cm³/mol. The Bertz CT molecular complexity index is 1170. The van der Waals surface area contributed by atoms with Crippen LogP contribution in [-0.4, -0.2) is 32.5 Å². The van der Waals surface area contributed by atoms with Gasteiger partial charge in [0.2, 0.25) is 10.1 Å². The van der Waals surface area contributed by atoms with Gasteiger partial charge in [-0.2, -0.15) is 4.52 Å². The van der Waals surface area contributed by atoms with E-state index in [9.17, 15) is 9.59 Å². The lowest BCUT2D eigenvalue weighted by molar-refractivity contribution is 0.0993. The van der Waals surface area contributed by atoms with Crippen molar-refractivity contribution in [3.8, 4) is 0 Å². The third-order valence-electron chi connectivity index (χ3n) is 4.17. The van der Waals surface area contributed by atoms with Crippen molar-refractivity contribution in [2.75, 3.05) is 17.3 Å². The number of nitrogens with zero attached hydrogens (tertiary/aromatic N) is 5. The van der Waals surface area contributed by atoms with E-state index < -0.39 is 0 Å². The minimum absolute atomic E-state index is 0.0966. The van der Waals surface area contributed by atoms with E-state index in [0.29, 0.717) is 22.2 Å². The van der Waals surface area contributed by atoms with Crippen LogP contribution >= 0.6 is 11.3 Å². The minimum Gasteiger partial charge on any atom is -0.356 e. The molecule has 1 N–H and O–H groups in total. The van der Waals surface area contributed by atoms with Gasteiger partial charge in [-0.25, -0.2) is 4.98 Å². The van der Waals surface area contributed by atoms with E-state index in [1.54, 1.807) is 36.5 Å². The number of carbonyl (C=O) groups excluding carboxylic acids is 1. The molecule has 3 heterocycles. The molecular formula is C19H16N6O2S. The topological polar surface area (TPSA) is 92.5 Å². The Morgan fingerprint density at radius 3 is 2.57 bits per heavy atom. The first kappa shape index (κ1) is 17.8. The average molecular weight is 392 g/mol. The van der Waals surface area contributed by atoms with E-state index in [2.05, 4.69) is 20.4 Å². The molecule has 0 spiro atoms. The number of hydrogen-bond acceptors (Lipinski definition) is 7. The number of anilines is 2. The Balaban J connectivity index is 1.43. The van der Waals surface area contributed by atoms with Crippen molar-refractivity contribution >= 4 is 33.0 Å². The maximum absolute atomic E-state index is 12.5. The Morgan fingerprint density at radius 1 is 1.11 bits per heavy atom. The number of carbonyl (C=O) groups is 1. The quantitative estimate of drug-likeness (QED) is 0.561. The van der Waals surface area contributed by atoms with Gasteiger partial charge >= 0.3 is 0 Å². The third kappa shape index (κ3) is 3.60. The first-order chi connectivity index (χ1) is 13.6. The number of fused-ring (bicyclic) bond motifs is 1. The van der Waals surface area contributed by atoms with E-state index >= 15 is 0 Å². The Hall–Kier alpha value is -3.59. The van der Waals surface area contributed by atoms with Gasteiger partial charge < -0.3 is 10.2 Å². The molecule has 0 saturated carbocycles. The first-order valence-corrected chi connectivity index (χ1v) is 9.29.